The molecule has 8 atom stereocenters. The monoisotopic (exact) mass is 1440 g/mol. The maximum absolute atomic E-state index is 12.4. The minimum absolute atomic E-state index is 0. The highest BCUT2D eigenvalue weighted by Crippen LogP contribution is 2.18. The van der Waals surface area contributed by atoms with E-state index in [4.69, 9.17) is 11.5 Å². The van der Waals surface area contributed by atoms with Gasteiger partial charge in [0, 0.05) is 37.5 Å². The van der Waals surface area contributed by atoms with E-state index in [1.807, 2.05) is 41.5 Å². The van der Waals surface area contributed by atoms with Gasteiger partial charge in [-0.1, -0.05) is 368 Å². The van der Waals surface area contributed by atoms with E-state index in [0.29, 0.717) is 62.2 Å². The number of rotatable bonds is 52. The standard InChI is InChI=1S/2C19H37NO2.2C18H36N2O2.12CH4/c2*1-6-8-10-12-16(5)19(22)20-17(13-11-9-7-2)18(21)14-15(3)4;2*1-5-7-9-11-15(19)18(22)20-16(12-10-8-6-2)17(21)13-14(3)4;;;;;;;;;;;;/h2*15-17H,6-14H2,1-5H3,(H,20,22);2*14-16H,5-13,19H2,1-4H3,(H,20,22);12*1H4. The van der Waals surface area contributed by atoms with Gasteiger partial charge in [-0.15, -0.1) is 0 Å². The van der Waals surface area contributed by atoms with Crippen LogP contribution in [0.4, 0.5) is 0 Å². The Bertz CT molecular complexity index is 1510. The molecule has 0 aliphatic carbocycles. The molecule has 0 aliphatic rings. The molecule has 0 aromatic heterocycles. The smallest absolute Gasteiger partial charge is 0.237 e. The van der Waals surface area contributed by atoms with Crippen LogP contribution in [0.15, 0.2) is 0 Å². The van der Waals surface area contributed by atoms with Crippen molar-refractivity contribution in [3.8, 4) is 0 Å². The zero-order valence-electron chi connectivity index (χ0n) is 60.8. The Labute approximate surface area is 631 Å². The first kappa shape index (κ1) is 136. The van der Waals surface area contributed by atoms with E-state index in [2.05, 4.69) is 104 Å². The molecule has 0 aromatic carbocycles. The van der Waals surface area contributed by atoms with Gasteiger partial charge in [0.05, 0.1) is 36.3 Å². The first-order valence-electron chi connectivity index (χ1n) is 36.5. The highest BCUT2D eigenvalue weighted by Gasteiger charge is 2.27. The van der Waals surface area contributed by atoms with Crippen LogP contribution >= 0.6 is 0 Å². The number of ketones is 4. The van der Waals surface area contributed by atoms with Crippen molar-refractivity contribution in [2.24, 2.45) is 47.0 Å². The van der Waals surface area contributed by atoms with Crippen molar-refractivity contribution >= 4 is 46.8 Å². The maximum Gasteiger partial charge on any atom is 0.237 e. The molecule has 8 unspecified atom stereocenters. The third-order valence-corrected chi connectivity index (χ3v) is 15.9. The fraction of sp³-hybridized carbons (Fsp3) is 0.907. The molecular weight excluding hydrogens is 1240 g/mol. The second-order valence-corrected chi connectivity index (χ2v) is 27.5. The van der Waals surface area contributed by atoms with Gasteiger partial charge in [-0.25, -0.2) is 0 Å². The Morgan fingerprint density at radius 2 is 0.380 bits per heavy atom. The molecule has 0 heterocycles. The van der Waals surface area contributed by atoms with E-state index in [1.165, 1.54) is 25.7 Å². The largest absolute Gasteiger partial charge is 0.346 e. The summed E-state index contributed by atoms with van der Waals surface area (Å²) >= 11 is 0. The lowest BCUT2D eigenvalue weighted by atomic mass is 9.96. The van der Waals surface area contributed by atoms with Gasteiger partial charge in [0.1, 0.15) is 0 Å². The first-order chi connectivity index (χ1) is 41.7. The van der Waals surface area contributed by atoms with E-state index >= 15 is 0 Å². The predicted molar refractivity (Wildman–Crippen MR) is 454 cm³/mol. The summed E-state index contributed by atoms with van der Waals surface area (Å²) in [6, 6.07) is -2.28. The van der Waals surface area contributed by atoms with E-state index < -0.39 is 12.1 Å². The van der Waals surface area contributed by atoms with Crippen LogP contribution in [0.3, 0.4) is 0 Å². The summed E-state index contributed by atoms with van der Waals surface area (Å²) in [7, 11) is 0. The molecule has 14 nitrogen and oxygen atoms in total. The molecule has 0 aromatic rings. The number of nitrogens with one attached hydrogen (secondary N) is 4. The molecule has 0 bridgehead atoms. The van der Waals surface area contributed by atoms with E-state index in [9.17, 15) is 38.4 Å². The summed E-state index contributed by atoms with van der Waals surface area (Å²) < 4.78 is 0. The van der Waals surface area contributed by atoms with Crippen LogP contribution in [0.25, 0.3) is 0 Å². The molecule has 0 rings (SSSR count). The molecule has 0 saturated carbocycles. The third kappa shape index (κ3) is 81.8. The Morgan fingerprint density at radius 1 is 0.230 bits per heavy atom. The fourth-order valence-electron chi connectivity index (χ4n) is 10.2. The molecule has 0 fully saturated rings. The summed E-state index contributed by atoms with van der Waals surface area (Å²) in [5.74, 6) is 1.77. The lowest BCUT2D eigenvalue weighted by molar-refractivity contribution is -0.130. The van der Waals surface area contributed by atoms with Crippen molar-refractivity contribution in [1.29, 1.82) is 0 Å². The van der Waals surface area contributed by atoms with E-state index in [1.54, 1.807) is 0 Å². The number of nitrogens with two attached hydrogens (primary N) is 2. The minimum Gasteiger partial charge on any atom is -0.346 e. The van der Waals surface area contributed by atoms with Crippen molar-refractivity contribution in [3.63, 3.8) is 0 Å². The summed E-state index contributed by atoms with van der Waals surface area (Å²) in [5.41, 5.74) is 11.9. The lowest BCUT2D eigenvalue weighted by Gasteiger charge is -2.21. The third-order valence-electron chi connectivity index (χ3n) is 15.9. The van der Waals surface area contributed by atoms with Crippen molar-refractivity contribution in [2.75, 3.05) is 0 Å². The summed E-state index contributed by atoms with van der Waals surface area (Å²) in [5, 5.41) is 11.8. The Hall–Kier alpha value is -3.52. The second kappa shape index (κ2) is 91.6. The Morgan fingerprint density at radius 3 is 0.540 bits per heavy atom. The van der Waals surface area contributed by atoms with Gasteiger partial charge in [0.2, 0.25) is 23.6 Å². The number of carbonyl (C=O) groups is 8. The summed E-state index contributed by atoms with van der Waals surface area (Å²) in [6.45, 7) is 37.4. The van der Waals surface area contributed by atoms with Crippen molar-refractivity contribution in [1.82, 2.24) is 21.3 Å². The molecule has 8 N–H and O–H groups in total. The Balaban J connectivity index is -0.0000000646. The van der Waals surface area contributed by atoms with Gasteiger partial charge < -0.3 is 32.7 Å². The fourth-order valence-corrected chi connectivity index (χ4v) is 10.2. The van der Waals surface area contributed by atoms with Crippen LogP contribution in [-0.2, 0) is 38.4 Å². The van der Waals surface area contributed by atoms with Crippen molar-refractivity contribution in [3.05, 3.63) is 0 Å². The van der Waals surface area contributed by atoms with Crippen LogP contribution in [0.1, 0.15) is 445 Å². The first-order valence-corrected chi connectivity index (χ1v) is 36.5. The van der Waals surface area contributed by atoms with Gasteiger partial charge in [-0.2, -0.15) is 0 Å². The van der Waals surface area contributed by atoms with Crippen LogP contribution in [0, 0.1) is 35.5 Å². The van der Waals surface area contributed by atoms with Gasteiger partial charge in [0.25, 0.3) is 0 Å². The SMILES string of the molecule is C.C.C.C.C.C.C.C.C.C.C.C.CCCCCC(C)C(=O)NC(CCCCC)C(=O)CC(C)C.CCCCCC(C)C(=O)NC(CCCCC)C(=O)CC(C)C.CCCCCC(N)C(=O)NC(CCCCC)C(=O)CC(C)C.CCCCCC(N)C(=O)NC(CCCCC)C(=O)CC(C)C. The Kier molecular flexibility index (Phi) is 124. The highest BCUT2D eigenvalue weighted by molar-refractivity contribution is 5.92. The lowest BCUT2D eigenvalue weighted by Crippen LogP contribution is -2.48. The zero-order valence-corrected chi connectivity index (χ0v) is 60.8. The zero-order chi connectivity index (χ0) is 67.8. The second-order valence-electron chi connectivity index (χ2n) is 27.5. The molecule has 0 radical (unpaired) electrons. The normalized spacial score (nSPS) is 12.2. The maximum atomic E-state index is 12.4. The molecule has 0 saturated heterocycles. The molecule has 0 aliphatic heterocycles. The summed E-state index contributed by atoms with van der Waals surface area (Å²) in [4.78, 5) is 98.3. The number of amides is 4. The number of unbranched alkanes of at least 4 members (excludes halogenated alkanes) is 16. The van der Waals surface area contributed by atoms with Crippen molar-refractivity contribution < 1.29 is 38.4 Å². The van der Waals surface area contributed by atoms with Crippen LogP contribution in [-0.4, -0.2) is 83.0 Å². The predicted octanol–water partition coefficient (Wildman–Crippen LogP) is 24.5. The molecule has 100 heavy (non-hydrogen) atoms. The van der Waals surface area contributed by atoms with E-state index in [-0.39, 0.29) is 172 Å². The van der Waals surface area contributed by atoms with Crippen molar-refractivity contribution in [2.45, 2.75) is 481 Å². The van der Waals surface area contributed by atoms with Gasteiger partial charge >= 0.3 is 0 Å². The van der Waals surface area contributed by atoms with Crippen LogP contribution in [0.5, 0.6) is 0 Å². The van der Waals surface area contributed by atoms with Gasteiger partial charge in [-0.3, -0.25) is 38.4 Å². The quantitative estimate of drug-likeness (QED) is 0.0315. The topological polar surface area (TPSA) is 237 Å². The summed E-state index contributed by atoms with van der Waals surface area (Å²) in [6.07, 6.45) is 34.4. The minimum atomic E-state index is -0.493. The number of carbonyl (C=O) groups excluding carboxylic acids is 8. The number of hydrogen-bond acceptors (Lipinski definition) is 10. The van der Waals surface area contributed by atoms with Crippen LogP contribution < -0.4 is 32.7 Å². The molecule has 0 spiro atoms. The van der Waals surface area contributed by atoms with E-state index in [0.717, 1.165) is 167 Å². The molecule has 616 valence electrons. The van der Waals surface area contributed by atoms with Crippen LogP contribution in [0.2, 0.25) is 0 Å². The number of hydrogen-bond donors (Lipinski definition) is 6. The number of Topliss-reactive ketones (excluding diaryl/α,β-unsaturated/α-hetero) is 4. The average Bonchev–Trinajstić information content (AvgIpc) is 0.928. The molecule has 4 amide bonds. The van der Waals surface area contributed by atoms with Gasteiger partial charge in [0.15, 0.2) is 23.1 Å². The van der Waals surface area contributed by atoms with Gasteiger partial charge in [-0.05, 0) is 75.0 Å². The molecule has 14 heteroatoms. The average molecular weight is 1440 g/mol. The highest BCUT2D eigenvalue weighted by atomic mass is 16.2. The molecular formula is C86H194N6O8.